The molecule has 6 nitrogen and oxygen atoms in total. The Morgan fingerprint density at radius 2 is 2.00 bits per heavy atom. The summed E-state index contributed by atoms with van der Waals surface area (Å²) < 4.78 is 6.81. The van der Waals surface area contributed by atoms with E-state index in [1.54, 1.807) is 12.3 Å². The zero-order valence-electron chi connectivity index (χ0n) is 14.7. The molecule has 1 aliphatic heterocycles. The number of carbonyl (C=O) groups excluding carboxylic acids is 1. The van der Waals surface area contributed by atoms with Crippen LogP contribution in [0.5, 0.6) is 5.75 Å². The van der Waals surface area contributed by atoms with Gasteiger partial charge in [-0.05, 0) is 23.8 Å². The molecular formula is C19H22ClN3O3. The van der Waals surface area contributed by atoms with Crippen LogP contribution in [0.3, 0.4) is 0 Å². The van der Waals surface area contributed by atoms with Crippen LogP contribution in [0.25, 0.3) is 0 Å². The van der Waals surface area contributed by atoms with Gasteiger partial charge in [0.1, 0.15) is 0 Å². The van der Waals surface area contributed by atoms with Crippen LogP contribution in [-0.2, 0) is 17.9 Å². The number of nitrogens with zero attached hydrogens (tertiary/aromatic N) is 2. The van der Waals surface area contributed by atoms with Crippen LogP contribution >= 0.6 is 11.6 Å². The summed E-state index contributed by atoms with van der Waals surface area (Å²) in [5, 5.41) is 3.91. The normalized spacial score (nSPS) is 15.0. The molecule has 2 aromatic rings. The van der Waals surface area contributed by atoms with E-state index in [1.165, 1.54) is 11.5 Å². The van der Waals surface area contributed by atoms with Gasteiger partial charge in [0.25, 0.3) is 5.56 Å². The number of benzene rings is 1. The van der Waals surface area contributed by atoms with Gasteiger partial charge in [-0.3, -0.25) is 14.5 Å². The summed E-state index contributed by atoms with van der Waals surface area (Å²) in [6.07, 6.45) is 1.74. The van der Waals surface area contributed by atoms with Crippen LogP contribution in [0.1, 0.15) is 18.1 Å². The van der Waals surface area contributed by atoms with E-state index in [9.17, 15) is 9.59 Å². The number of halogens is 1. The molecule has 0 saturated carbocycles. The van der Waals surface area contributed by atoms with Crippen LogP contribution in [-0.4, -0.2) is 41.6 Å². The third-order valence-electron chi connectivity index (χ3n) is 4.29. The molecule has 1 N–H and O–H groups in total. The van der Waals surface area contributed by atoms with Crippen LogP contribution < -0.4 is 15.6 Å². The van der Waals surface area contributed by atoms with Crippen molar-refractivity contribution in [2.45, 2.75) is 20.0 Å². The highest BCUT2D eigenvalue weighted by Gasteiger charge is 2.18. The first kappa shape index (κ1) is 18.6. The second-order valence-electron chi connectivity index (χ2n) is 6.35. The first-order chi connectivity index (χ1) is 12.5. The van der Waals surface area contributed by atoms with E-state index in [2.05, 4.69) is 10.2 Å². The van der Waals surface area contributed by atoms with E-state index in [-0.39, 0.29) is 11.3 Å². The van der Waals surface area contributed by atoms with Gasteiger partial charge in [0.05, 0.1) is 6.54 Å². The Balaban J connectivity index is 1.89. The molecule has 0 spiro atoms. The SMILES string of the molecule is CC(=O)Oc1c(CN2CCNCC2)ccn(Cc2cccc(Cl)c2)c1=O. The Morgan fingerprint density at radius 1 is 1.23 bits per heavy atom. The molecule has 0 radical (unpaired) electrons. The van der Waals surface area contributed by atoms with Gasteiger partial charge >= 0.3 is 5.97 Å². The third kappa shape index (κ3) is 4.72. The van der Waals surface area contributed by atoms with Gasteiger partial charge in [-0.1, -0.05) is 23.7 Å². The quantitative estimate of drug-likeness (QED) is 0.808. The molecule has 3 rings (SSSR count). The van der Waals surface area contributed by atoms with Crippen molar-refractivity contribution >= 4 is 17.6 Å². The molecule has 0 amide bonds. The average Bonchev–Trinajstić information content (AvgIpc) is 2.61. The van der Waals surface area contributed by atoms with E-state index in [0.717, 1.165) is 37.3 Å². The summed E-state index contributed by atoms with van der Waals surface area (Å²) in [6.45, 7) is 5.86. The zero-order valence-corrected chi connectivity index (χ0v) is 15.5. The Bertz CT molecular complexity index is 844. The number of carbonyl (C=O) groups is 1. The lowest BCUT2D eigenvalue weighted by molar-refractivity contribution is -0.132. The number of esters is 1. The molecule has 0 atom stereocenters. The molecule has 7 heteroatoms. The Labute approximate surface area is 157 Å². The number of piperazine rings is 1. The van der Waals surface area contributed by atoms with E-state index >= 15 is 0 Å². The summed E-state index contributed by atoms with van der Waals surface area (Å²) >= 11 is 6.02. The number of hydrogen-bond donors (Lipinski definition) is 1. The minimum atomic E-state index is -0.496. The predicted molar refractivity (Wildman–Crippen MR) is 101 cm³/mol. The monoisotopic (exact) mass is 375 g/mol. The van der Waals surface area contributed by atoms with Crippen molar-refractivity contribution in [2.24, 2.45) is 0 Å². The van der Waals surface area contributed by atoms with Gasteiger partial charge in [-0.25, -0.2) is 0 Å². The highest BCUT2D eigenvalue weighted by molar-refractivity contribution is 6.30. The molecule has 0 unspecified atom stereocenters. The van der Waals surface area contributed by atoms with E-state index in [0.29, 0.717) is 18.1 Å². The summed E-state index contributed by atoms with van der Waals surface area (Å²) in [6, 6.07) is 9.20. The predicted octanol–water partition coefficient (Wildman–Crippen LogP) is 1.88. The molecule has 1 fully saturated rings. The van der Waals surface area contributed by atoms with E-state index in [1.807, 2.05) is 24.3 Å². The standard InChI is InChI=1S/C19H22ClN3O3/c1-14(24)26-18-16(13-22-9-6-21-7-10-22)5-8-23(19(18)25)12-15-3-2-4-17(20)11-15/h2-5,8,11,21H,6-7,9-10,12-13H2,1H3. The van der Waals surface area contributed by atoms with Crippen molar-refractivity contribution in [1.29, 1.82) is 0 Å². The van der Waals surface area contributed by atoms with Crippen molar-refractivity contribution in [3.8, 4) is 5.75 Å². The Morgan fingerprint density at radius 3 is 2.69 bits per heavy atom. The lowest BCUT2D eigenvalue weighted by atomic mass is 10.2. The number of hydrogen-bond acceptors (Lipinski definition) is 5. The fourth-order valence-corrected chi connectivity index (χ4v) is 3.25. The van der Waals surface area contributed by atoms with E-state index in [4.69, 9.17) is 16.3 Å². The lowest BCUT2D eigenvalue weighted by Gasteiger charge is -2.27. The minimum Gasteiger partial charge on any atom is -0.420 e. The fourth-order valence-electron chi connectivity index (χ4n) is 3.04. The topological polar surface area (TPSA) is 63.6 Å². The van der Waals surface area contributed by atoms with Gasteiger partial charge in [-0.2, -0.15) is 0 Å². The minimum absolute atomic E-state index is 0.112. The average molecular weight is 376 g/mol. The maximum Gasteiger partial charge on any atom is 0.308 e. The van der Waals surface area contributed by atoms with Crippen LogP contribution in [0.4, 0.5) is 0 Å². The van der Waals surface area contributed by atoms with Crippen molar-refractivity contribution < 1.29 is 9.53 Å². The molecule has 2 heterocycles. The number of ether oxygens (including phenoxy) is 1. The largest absolute Gasteiger partial charge is 0.420 e. The summed E-state index contributed by atoms with van der Waals surface area (Å²) in [4.78, 5) is 26.6. The smallest absolute Gasteiger partial charge is 0.308 e. The molecular weight excluding hydrogens is 354 g/mol. The Kier molecular flexibility index (Phi) is 6.08. The third-order valence-corrected chi connectivity index (χ3v) is 4.53. The fraction of sp³-hybridized carbons (Fsp3) is 0.368. The highest BCUT2D eigenvalue weighted by Crippen LogP contribution is 2.18. The van der Waals surface area contributed by atoms with Crippen LogP contribution in [0.15, 0.2) is 41.3 Å². The van der Waals surface area contributed by atoms with Gasteiger partial charge < -0.3 is 14.6 Å². The number of aromatic nitrogens is 1. The van der Waals surface area contributed by atoms with Gasteiger partial charge in [-0.15, -0.1) is 0 Å². The molecule has 1 saturated heterocycles. The Hall–Kier alpha value is -2.15. The maximum absolute atomic E-state index is 12.9. The van der Waals surface area contributed by atoms with Crippen LogP contribution in [0, 0.1) is 0 Å². The molecule has 0 bridgehead atoms. The summed E-state index contributed by atoms with van der Waals surface area (Å²) in [5.41, 5.74) is 1.32. The molecule has 0 aliphatic carbocycles. The van der Waals surface area contributed by atoms with Gasteiger partial charge in [0, 0.05) is 56.4 Å². The first-order valence-corrected chi connectivity index (χ1v) is 8.99. The first-order valence-electron chi connectivity index (χ1n) is 8.61. The lowest BCUT2D eigenvalue weighted by Crippen LogP contribution is -2.43. The van der Waals surface area contributed by atoms with E-state index < -0.39 is 5.97 Å². The van der Waals surface area contributed by atoms with Gasteiger partial charge in [0.15, 0.2) is 0 Å². The molecule has 1 aliphatic rings. The molecule has 26 heavy (non-hydrogen) atoms. The van der Waals surface area contributed by atoms with Gasteiger partial charge in [0.2, 0.25) is 5.75 Å². The molecule has 138 valence electrons. The summed E-state index contributed by atoms with van der Waals surface area (Å²) in [7, 11) is 0. The van der Waals surface area contributed by atoms with Crippen molar-refractivity contribution in [3.63, 3.8) is 0 Å². The second-order valence-corrected chi connectivity index (χ2v) is 6.79. The number of nitrogens with one attached hydrogen (secondary N) is 1. The summed E-state index contributed by atoms with van der Waals surface area (Å²) in [5.74, 6) is -0.385. The maximum atomic E-state index is 12.9. The van der Waals surface area contributed by atoms with Crippen LogP contribution in [0.2, 0.25) is 5.02 Å². The highest BCUT2D eigenvalue weighted by atomic mass is 35.5. The molecule has 1 aromatic heterocycles. The zero-order chi connectivity index (χ0) is 18.5. The second kappa shape index (κ2) is 8.49. The molecule has 1 aromatic carbocycles. The number of pyridine rings is 1. The van der Waals surface area contributed by atoms with Crippen molar-refractivity contribution in [1.82, 2.24) is 14.8 Å². The van der Waals surface area contributed by atoms with Crippen molar-refractivity contribution in [3.05, 3.63) is 63.0 Å². The number of rotatable bonds is 5. The van der Waals surface area contributed by atoms with Crippen molar-refractivity contribution in [2.75, 3.05) is 26.2 Å².